The fraction of sp³-hybridized carbons (Fsp3) is 0.490. The van der Waals surface area contributed by atoms with Crippen molar-refractivity contribution in [2.75, 3.05) is 107 Å². The summed E-state index contributed by atoms with van der Waals surface area (Å²) >= 11 is 25.5. The Morgan fingerprint density at radius 1 is 0.649 bits per heavy atom. The Morgan fingerprint density at radius 3 is 1.57 bits per heavy atom. The van der Waals surface area contributed by atoms with E-state index in [1.54, 1.807) is 36.4 Å². The van der Waals surface area contributed by atoms with Gasteiger partial charge in [-0.15, -0.1) is 0 Å². The molecule has 0 radical (unpaired) electrons. The first-order chi connectivity index (χ1) is 36.6. The third-order valence-electron chi connectivity index (χ3n) is 12.2. The maximum atomic E-state index is 12.9. The first-order valence-corrected chi connectivity index (χ1v) is 29.0. The summed E-state index contributed by atoms with van der Waals surface area (Å²) < 4.78 is 90.9. The zero-order chi connectivity index (χ0) is 56.3. The molecule has 2 aliphatic rings. The number of amides is 2. The molecule has 0 spiro atoms. The number of nitrogens with one attached hydrogen (secondary N) is 4. The number of rotatable bonds is 31. The first kappa shape index (κ1) is 63.9. The van der Waals surface area contributed by atoms with E-state index in [-0.39, 0.29) is 113 Å². The molecule has 426 valence electrons. The van der Waals surface area contributed by atoms with Gasteiger partial charge in [-0.05, 0) is 119 Å². The van der Waals surface area contributed by atoms with Crippen molar-refractivity contribution in [1.82, 2.24) is 29.9 Å². The molecule has 0 aromatic heterocycles. The zero-order valence-electron chi connectivity index (χ0n) is 43.2. The number of hydrogen-bond donors (Lipinski definition) is 6. The smallest absolute Gasteiger partial charge is 0.252 e. The molecule has 2 aliphatic carbocycles. The number of fused-ring (bicyclic) bond motifs is 1. The number of benzene rings is 3. The number of sulfonamides is 2. The lowest BCUT2D eigenvalue weighted by Gasteiger charge is -2.32. The van der Waals surface area contributed by atoms with Crippen molar-refractivity contribution in [3.05, 3.63) is 116 Å². The van der Waals surface area contributed by atoms with Crippen LogP contribution in [0.15, 0.2) is 105 Å². The number of likely N-dealkylation sites (N-methyl/N-ethyl adjacent to an activating group) is 2. The van der Waals surface area contributed by atoms with Gasteiger partial charge in [-0.1, -0.05) is 59.1 Å². The number of hydrogen-bond acceptors (Lipinski definition) is 16. The van der Waals surface area contributed by atoms with Crippen LogP contribution in [0.25, 0.3) is 0 Å². The number of halogens is 4. The summed E-state index contributed by atoms with van der Waals surface area (Å²) in [5, 5.41) is 27.1. The second kappa shape index (κ2) is 31.2. The molecule has 0 saturated heterocycles. The van der Waals surface area contributed by atoms with Crippen molar-refractivity contribution in [2.45, 2.75) is 65.6 Å². The maximum absolute atomic E-state index is 12.9. The summed E-state index contributed by atoms with van der Waals surface area (Å²) in [4.78, 5) is 28.8. The number of aliphatic hydroxyl groups is 2. The molecule has 0 aliphatic heterocycles. The van der Waals surface area contributed by atoms with Crippen LogP contribution in [0.4, 0.5) is 0 Å². The van der Waals surface area contributed by atoms with Gasteiger partial charge in [-0.3, -0.25) is 9.59 Å². The molecule has 0 fully saturated rings. The first-order valence-electron chi connectivity index (χ1n) is 24.5. The second-order valence-corrected chi connectivity index (χ2v) is 23.4. The highest BCUT2D eigenvalue weighted by atomic mass is 35.5. The average Bonchev–Trinajstić information content (AvgIpc) is 3.80. The fourth-order valence-electron chi connectivity index (χ4n) is 8.01. The summed E-state index contributed by atoms with van der Waals surface area (Å²) in [7, 11) is 0.0699. The van der Waals surface area contributed by atoms with Gasteiger partial charge in [0.2, 0.25) is 20.0 Å². The van der Waals surface area contributed by atoms with Crippen LogP contribution >= 0.6 is 46.4 Å². The number of carbonyl (C=O) groups is 2. The van der Waals surface area contributed by atoms with Crippen molar-refractivity contribution in [3.8, 4) is 11.5 Å². The van der Waals surface area contributed by atoms with Gasteiger partial charge in [-0.2, -0.15) is 0 Å². The molecule has 20 nitrogen and oxygen atoms in total. The van der Waals surface area contributed by atoms with Gasteiger partial charge in [0.25, 0.3) is 11.8 Å². The highest BCUT2D eigenvalue weighted by Gasteiger charge is 2.38. The summed E-state index contributed by atoms with van der Waals surface area (Å²) in [6.45, 7) is 4.57. The van der Waals surface area contributed by atoms with Crippen molar-refractivity contribution >= 4 is 78.3 Å². The fourth-order valence-corrected chi connectivity index (χ4v) is 11.1. The lowest BCUT2D eigenvalue weighted by Crippen LogP contribution is -2.50. The number of allylic oxidation sites excluding steroid dienone is 3. The highest BCUT2D eigenvalue weighted by molar-refractivity contribution is 7.89. The second-order valence-electron chi connectivity index (χ2n) is 18.2. The minimum Gasteiger partial charge on any atom is -0.488 e. The van der Waals surface area contributed by atoms with E-state index in [9.17, 15) is 36.6 Å². The largest absolute Gasteiger partial charge is 0.488 e. The molecule has 5 rings (SSSR count). The van der Waals surface area contributed by atoms with Crippen LogP contribution in [0.2, 0.25) is 10.0 Å². The predicted octanol–water partition coefficient (Wildman–Crippen LogP) is 4.15. The SMILES string of the molecule is C=C1C[C@H](N(C)C)[C@@H](Oc2ccc(S(=O)(=O)NCCOCCOCCNC(=O)[C@H](O)[C@@H](O)C(=O)NCCOCCOCCNS(=O)(=O)c3ccc(O[C@H]4c5cc(Cl)cc(Cl)c5C[C@@H]4N(C)C)cc3)cc2)C/C=C(Cl)\C=C/1Cl. The van der Waals surface area contributed by atoms with Crippen LogP contribution in [0, 0.1) is 0 Å². The number of nitrogens with zero attached hydrogens (tertiary/aromatic N) is 2. The third kappa shape index (κ3) is 20.0. The summed E-state index contributed by atoms with van der Waals surface area (Å²) in [5.74, 6) is -1.03. The van der Waals surface area contributed by atoms with E-state index in [1.807, 2.05) is 45.2 Å². The molecule has 77 heavy (non-hydrogen) atoms. The topological polar surface area (TPSA) is 253 Å². The molecule has 3 aromatic carbocycles. The predicted molar refractivity (Wildman–Crippen MR) is 294 cm³/mol. The summed E-state index contributed by atoms with van der Waals surface area (Å²) in [5.41, 5.74) is 2.58. The number of ether oxygens (including phenoxy) is 6. The lowest BCUT2D eigenvalue weighted by molar-refractivity contribution is -0.146. The van der Waals surface area contributed by atoms with Crippen LogP contribution in [0.3, 0.4) is 0 Å². The maximum Gasteiger partial charge on any atom is 0.252 e. The van der Waals surface area contributed by atoms with Crippen LogP contribution in [0.1, 0.15) is 30.1 Å². The molecule has 0 saturated carbocycles. The standard InChI is InChI=1S/C51H68Cl4N6O14S2/c1-33-28-44(60(2)3)46(15-6-34(52)30-42(33)54)74-36-7-11-38(12-8-36)76(66,67)58-18-22-72-26-24-70-20-16-56-50(64)47(62)48(63)51(65)57-17-21-71-25-27-73-23-19-59-77(68,69)39-13-9-37(10-14-39)75-49-41-29-35(53)31-43(55)40(41)32-45(49)61(4)5/h6-14,29-31,44-49,58-59,62-63H,1,15-28,32H2,2-5H3,(H,56,64)(H,57,65)/b34-6+,42-30+/t44-,45-,46-,47+,48+,49-/m0/s1. The Bertz CT molecular complexity index is 2720. The minimum absolute atomic E-state index is 0.00621. The molecule has 6 N–H and O–H groups in total. The van der Waals surface area contributed by atoms with Crippen LogP contribution < -0.4 is 29.6 Å². The van der Waals surface area contributed by atoms with Gasteiger partial charge in [0.15, 0.2) is 12.2 Å². The Balaban J connectivity index is 0.856. The molecule has 0 unspecified atom stereocenters. The molecule has 0 bridgehead atoms. The van der Waals surface area contributed by atoms with E-state index in [2.05, 4.69) is 31.6 Å². The van der Waals surface area contributed by atoms with Crippen molar-refractivity contribution in [1.29, 1.82) is 0 Å². The molecule has 2 amide bonds. The Morgan fingerprint density at radius 2 is 1.10 bits per heavy atom. The quantitative estimate of drug-likeness (QED) is 0.0495. The Hall–Kier alpha value is -3.92. The highest BCUT2D eigenvalue weighted by Crippen LogP contribution is 2.42. The van der Waals surface area contributed by atoms with Gasteiger partial charge in [-0.25, -0.2) is 26.3 Å². The third-order valence-corrected chi connectivity index (χ3v) is 16.3. The number of carbonyl (C=O) groups excluding carboxylic acids is 2. The van der Waals surface area contributed by atoms with E-state index in [0.29, 0.717) is 50.9 Å². The van der Waals surface area contributed by atoms with E-state index in [1.165, 1.54) is 24.3 Å². The van der Waals surface area contributed by atoms with Gasteiger partial charge < -0.3 is 59.1 Å². The Labute approximate surface area is 471 Å². The van der Waals surface area contributed by atoms with Crippen molar-refractivity contribution < 1.29 is 65.1 Å². The van der Waals surface area contributed by atoms with Gasteiger partial charge in [0.05, 0.1) is 74.7 Å². The summed E-state index contributed by atoms with van der Waals surface area (Å²) in [6.07, 6.45) is 0.380. The van der Waals surface area contributed by atoms with Gasteiger partial charge >= 0.3 is 0 Å². The van der Waals surface area contributed by atoms with E-state index >= 15 is 0 Å². The average molecular weight is 1200 g/mol. The van der Waals surface area contributed by atoms with Crippen LogP contribution in [0.5, 0.6) is 11.5 Å². The minimum atomic E-state index is -3.85. The van der Waals surface area contributed by atoms with E-state index < -0.39 is 44.1 Å². The van der Waals surface area contributed by atoms with E-state index in [0.717, 1.165) is 16.7 Å². The van der Waals surface area contributed by atoms with Crippen molar-refractivity contribution in [2.24, 2.45) is 0 Å². The summed E-state index contributed by atoms with van der Waals surface area (Å²) in [6, 6.07) is 15.6. The molecule has 3 aromatic rings. The van der Waals surface area contributed by atoms with Crippen molar-refractivity contribution in [3.63, 3.8) is 0 Å². The zero-order valence-corrected chi connectivity index (χ0v) is 47.9. The lowest BCUT2D eigenvalue weighted by atomic mass is 9.99. The van der Waals surface area contributed by atoms with Crippen LogP contribution in [-0.2, 0) is 55.0 Å². The van der Waals surface area contributed by atoms with Gasteiger partial charge in [0, 0.05) is 58.3 Å². The van der Waals surface area contributed by atoms with Crippen LogP contribution in [-0.4, -0.2) is 186 Å². The molecule has 26 heteroatoms. The van der Waals surface area contributed by atoms with Gasteiger partial charge in [0.1, 0.15) is 23.7 Å². The molecule has 0 heterocycles. The molecular formula is C51H68Cl4N6O14S2. The molecular weight excluding hydrogens is 1130 g/mol. The monoisotopic (exact) mass is 1190 g/mol. The van der Waals surface area contributed by atoms with E-state index in [4.69, 9.17) is 74.8 Å². The normalized spacial score (nSPS) is 20.2. The molecule has 6 atom stereocenters. The number of aliphatic hydroxyl groups excluding tert-OH is 2. The Kier molecular flexibility index (Phi) is 25.9.